The van der Waals surface area contributed by atoms with Gasteiger partial charge in [0.15, 0.2) is 4.21 Å². The van der Waals surface area contributed by atoms with Gasteiger partial charge in [-0.05, 0) is 48.5 Å². The lowest BCUT2D eigenvalue weighted by Crippen LogP contribution is -2.61. The number of rotatable bonds is 8. The summed E-state index contributed by atoms with van der Waals surface area (Å²) in [6.45, 7) is 0.835. The van der Waals surface area contributed by atoms with Crippen molar-refractivity contribution in [3.63, 3.8) is 0 Å². The van der Waals surface area contributed by atoms with Gasteiger partial charge in [0, 0.05) is 29.6 Å². The van der Waals surface area contributed by atoms with Crippen molar-refractivity contribution >= 4 is 61.4 Å². The standard InChI is InChI=1S/C23H25ClN6O5S2/c1-35-23(32)18(9-14-8-13-2-5-28-21(25)15(13)10-16(14)24)29-7-4-17(22(29)31)30(19-3-6-27-19)37(33,34)20-11-26-12-36-20/h2,5,8,10-12,17-19,27H,3-4,6-7,9H2,1H3,(H2,25,28)/t17-,18+,19?/m0/s1. The highest BCUT2D eigenvalue weighted by Crippen LogP contribution is 2.33. The Bertz CT molecular complexity index is 1450. The molecule has 5 rings (SSSR count). The molecule has 2 aliphatic heterocycles. The zero-order chi connectivity index (χ0) is 26.3. The molecule has 1 unspecified atom stereocenters. The van der Waals surface area contributed by atoms with Crippen LogP contribution in [0.3, 0.4) is 0 Å². The molecule has 0 saturated carbocycles. The van der Waals surface area contributed by atoms with E-state index in [1.165, 1.54) is 28.0 Å². The van der Waals surface area contributed by atoms with Gasteiger partial charge in [0.05, 0.1) is 25.0 Å². The van der Waals surface area contributed by atoms with Gasteiger partial charge in [-0.2, -0.15) is 4.31 Å². The highest BCUT2D eigenvalue weighted by atomic mass is 35.5. The van der Waals surface area contributed by atoms with Crippen LogP contribution in [0.1, 0.15) is 18.4 Å². The van der Waals surface area contributed by atoms with Crippen molar-refractivity contribution in [2.24, 2.45) is 0 Å². The molecule has 0 radical (unpaired) electrons. The lowest BCUT2D eigenvalue weighted by atomic mass is 10.0. The third kappa shape index (κ3) is 4.66. The van der Waals surface area contributed by atoms with E-state index >= 15 is 0 Å². The molecular formula is C23H25ClN6O5S2. The molecule has 11 nitrogen and oxygen atoms in total. The normalized spacial score (nSPS) is 20.8. The number of benzene rings is 1. The maximum atomic E-state index is 13.7. The first-order valence-electron chi connectivity index (χ1n) is 11.6. The van der Waals surface area contributed by atoms with E-state index in [1.807, 2.05) is 6.07 Å². The lowest BCUT2D eigenvalue weighted by molar-refractivity contribution is -0.152. The molecule has 2 fully saturated rings. The number of esters is 1. The molecule has 1 amide bonds. The Balaban J connectivity index is 1.46. The predicted octanol–water partition coefficient (Wildman–Crippen LogP) is 1.62. The number of carbonyl (C=O) groups excluding carboxylic acids is 2. The van der Waals surface area contributed by atoms with E-state index in [9.17, 15) is 18.0 Å². The van der Waals surface area contributed by atoms with Crippen LogP contribution >= 0.6 is 22.9 Å². The number of nitrogens with one attached hydrogen (secondary N) is 1. The molecule has 14 heteroatoms. The smallest absolute Gasteiger partial charge is 0.328 e. The third-order valence-electron chi connectivity index (χ3n) is 6.79. The Morgan fingerprint density at radius 2 is 2.19 bits per heavy atom. The first-order valence-corrected chi connectivity index (χ1v) is 14.3. The highest BCUT2D eigenvalue weighted by molar-refractivity contribution is 7.91. The number of anilines is 1. The molecule has 37 heavy (non-hydrogen) atoms. The molecule has 0 spiro atoms. The van der Waals surface area contributed by atoms with E-state index in [0.29, 0.717) is 34.8 Å². The van der Waals surface area contributed by atoms with Gasteiger partial charge in [-0.15, -0.1) is 11.3 Å². The number of fused-ring (bicyclic) bond motifs is 1. The fourth-order valence-electron chi connectivity index (χ4n) is 4.80. The quantitative estimate of drug-likeness (QED) is 0.389. The highest BCUT2D eigenvalue weighted by Gasteiger charge is 2.49. The number of thiazole rings is 1. The first-order chi connectivity index (χ1) is 17.7. The van der Waals surface area contributed by atoms with Gasteiger partial charge >= 0.3 is 5.97 Å². The minimum Gasteiger partial charge on any atom is -0.467 e. The van der Waals surface area contributed by atoms with Gasteiger partial charge in [0.1, 0.15) is 17.9 Å². The Kier molecular flexibility index (Phi) is 7.07. The summed E-state index contributed by atoms with van der Waals surface area (Å²) in [5, 5.41) is 4.94. The fraction of sp³-hybridized carbons (Fsp3) is 0.391. The van der Waals surface area contributed by atoms with Crippen molar-refractivity contribution in [2.75, 3.05) is 25.9 Å². The van der Waals surface area contributed by atoms with Crippen LogP contribution in [0.5, 0.6) is 0 Å². The number of nitrogens with zero attached hydrogens (tertiary/aromatic N) is 4. The second-order valence-corrected chi connectivity index (χ2v) is 12.2. The Morgan fingerprint density at radius 1 is 1.41 bits per heavy atom. The number of amides is 1. The number of methoxy groups -OCH3 is 1. The van der Waals surface area contributed by atoms with E-state index in [-0.39, 0.29) is 23.6 Å². The number of hydrogen-bond donors (Lipinski definition) is 2. The molecule has 2 saturated heterocycles. The van der Waals surface area contributed by atoms with E-state index in [2.05, 4.69) is 15.3 Å². The lowest BCUT2D eigenvalue weighted by Gasteiger charge is -2.40. The van der Waals surface area contributed by atoms with Gasteiger partial charge in [-0.25, -0.2) is 18.2 Å². The van der Waals surface area contributed by atoms with Crippen molar-refractivity contribution in [3.8, 4) is 0 Å². The molecule has 3 atom stereocenters. The Hall–Kier alpha value is -2.84. The number of sulfonamides is 1. The predicted molar refractivity (Wildman–Crippen MR) is 138 cm³/mol. The monoisotopic (exact) mass is 564 g/mol. The second kappa shape index (κ2) is 10.1. The van der Waals surface area contributed by atoms with Crippen molar-refractivity contribution < 1.29 is 22.7 Å². The minimum absolute atomic E-state index is 0.0636. The van der Waals surface area contributed by atoms with Crippen LogP contribution in [0.4, 0.5) is 5.82 Å². The van der Waals surface area contributed by atoms with Gasteiger partial charge in [0.25, 0.3) is 10.0 Å². The summed E-state index contributed by atoms with van der Waals surface area (Å²) in [6, 6.07) is 3.32. The van der Waals surface area contributed by atoms with Crippen LogP contribution in [-0.4, -0.2) is 77.9 Å². The number of nitrogen functional groups attached to an aromatic ring is 1. The number of aromatic nitrogens is 2. The molecule has 2 aromatic heterocycles. The van der Waals surface area contributed by atoms with Gasteiger partial charge in [-0.3, -0.25) is 9.78 Å². The summed E-state index contributed by atoms with van der Waals surface area (Å²) in [7, 11) is -2.73. The summed E-state index contributed by atoms with van der Waals surface area (Å²) in [6.07, 6.45) is 3.25. The van der Waals surface area contributed by atoms with Gasteiger partial charge in [0.2, 0.25) is 5.91 Å². The molecule has 1 aromatic carbocycles. The SMILES string of the molecule is COC(=O)[C@@H](Cc1cc2ccnc(N)c2cc1Cl)N1CC[C@H](N(C2CCN2)S(=O)(=O)c2cncs2)C1=O. The average Bonchev–Trinajstić information content (AvgIpc) is 3.51. The number of pyridine rings is 1. The van der Waals surface area contributed by atoms with Crippen molar-refractivity contribution in [2.45, 2.75) is 41.7 Å². The van der Waals surface area contributed by atoms with Gasteiger partial charge < -0.3 is 20.7 Å². The molecule has 4 heterocycles. The summed E-state index contributed by atoms with van der Waals surface area (Å²) in [5.41, 5.74) is 8.02. The zero-order valence-electron chi connectivity index (χ0n) is 19.8. The summed E-state index contributed by atoms with van der Waals surface area (Å²) in [5.74, 6) is -0.736. The second-order valence-electron chi connectivity index (χ2n) is 8.85. The number of halogens is 1. The van der Waals surface area contributed by atoms with E-state index < -0.39 is 40.1 Å². The van der Waals surface area contributed by atoms with Crippen LogP contribution in [0.15, 0.2) is 40.3 Å². The van der Waals surface area contributed by atoms with Crippen LogP contribution in [0.25, 0.3) is 10.8 Å². The molecule has 3 aromatic rings. The van der Waals surface area contributed by atoms with Crippen molar-refractivity contribution in [1.29, 1.82) is 0 Å². The summed E-state index contributed by atoms with van der Waals surface area (Å²) in [4.78, 5) is 36.0. The van der Waals surface area contributed by atoms with Crippen molar-refractivity contribution in [3.05, 3.63) is 46.7 Å². The Labute approximate surface area is 222 Å². The van der Waals surface area contributed by atoms with E-state index in [0.717, 1.165) is 16.7 Å². The fourth-order valence-corrected chi connectivity index (χ4v) is 7.71. The van der Waals surface area contributed by atoms with E-state index in [4.69, 9.17) is 22.1 Å². The molecule has 0 aliphatic carbocycles. The largest absolute Gasteiger partial charge is 0.467 e. The van der Waals surface area contributed by atoms with Crippen LogP contribution < -0.4 is 11.1 Å². The Morgan fingerprint density at radius 3 is 2.84 bits per heavy atom. The maximum Gasteiger partial charge on any atom is 0.328 e. The molecule has 3 N–H and O–H groups in total. The topological polar surface area (TPSA) is 148 Å². The zero-order valence-corrected chi connectivity index (χ0v) is 22.2. The third-order valence-corrected chi connectivity index (χ3v) is 10.3. The first kappa shape index (κ1) is 25.8. The number of hydrogen-bond acceptors (Lipinski definition) is 10. The number of nitrogens with two attached hydrogens (primary N) is 1. The minimum atomic E-state index is -3.98. The average molecular weight is 565 g/mol. The van der Waals surface area contributed by atoms with Crippen molar-refractivity contribution in [1.82, 2.24) is 24.5 Å². The number of ether oxygens (including phenoxy) is 1. The number of carbonyl (C=O) groups is 2. The van der Waals surface area contributed by atoms with Crippen LogP contribution in [0.2, 0.25) is 5.02 Å². The maximum absolute atomic E-state index is 13.7. The van der Waals surface area contributed by atoms with Gasteiger partial charge in [-0.1, -0.05) is 11.6 Å². The number of likely N-dealkylation sites (tertiary alicyclic amines) is 1. The molecule has 0 bridgehead atoms. The van der Waals surface area contributed by atoms with Crippen LogP contribution in [0, 0.1) is 0 Å². The molecule has 2 aliphatic rings. The summed E-state index contributed by atoms with van der Waals surface area (Å²) >= 11 is 7.53. The summed E-state index contributed by atoms with van der Waals surface area (Å²) < 4.78 is 33.3. The van der Waals surface area contributed by atoms with E-state index in [1.54, 1.807) is 18.3 Å². The van der Waals surface area contributed by atoms with Crippen LogP contribution in [-0.2, 0) is 30.8 Å². The molecular weight excluding hydrogens is 540 g/mol. The molecule has 196 valence electrons.